The second-order valence-electron chi connectivity index (χ2n) is 5.60. The van der Waals surface area contributed by atoms with Gasteiger partial charge in [-0.2, -0.15) is 0 Å². The van der Waals surface area contributed by atoms with Crippen molar-refractivity contribution in [2.24, 2.45) is 5.92 Å². The van der Waals surface area contributed by atoms with Crippen molar-refractivity contribution in [3.05, 3.63) is 0 Å². The number of aliphatic carboxylic acids is 1. The minimum absolute atomic E-state index is 0.00947. The van der Waals surface area contributed by atoms with E-state index in [0.717, 1.165) is 6.42 Å². The molecule has 1 unspecified atom stereocenters. The molecule has 0 aliphatic carbocycles. The molecule has 1 amide bonds. The highest BCUT2D eigenvalue weighted by Crippen LogP contribution is 2.06. The molecule has 0 aliphatic rings. The Morgan fingerprint density at radius 2 is 1.89 bits per heavy atom. The van der Waals surface area contributed by atoms with Crippen LogP contribution in [-0.2, 0) is 9.59 Å². The number of amides is 1. The lowest BCUT2D eigenvalue weighted by atomic mass is 10.0. The van der Waals surface area contributed by atoms with Gasteiger partial charge in [-0.05, 0) is 26.7 Å². The topological polar surface area (TPSA) is 78.4 Å². The monoisotopic (exact) mass is 258 g/mol. The molecule has 106 valence electrons. The van der Waals surface area contributed by atoms with Gasteiger partial charge in [0.05, 0.1) is 0 Å². The largest absolute Gasteiger partial charge is 0.481 e. The van der Waals surface area contributed by atoms with Gasteiger partial charge in [0.1, 0.15) is 0 Å². The number of carbonyl (C=O) groups excluding carboxylic acids is 1. The molecule has 0 aliphatic heterocycles. The van der Waals surface area contributed by atoms with Gasteiger partial charge in [0, 0.05) is 31.5 Å². The molecule has 5 nitrogen and oxygen atoms in total. The summed E-state index contributed by atoms with van der Waals surface area (Å²) in [6.45, 7) is 9.14. The summed E-state index contributed by atoms with van der Waals surface area (Å²) in [5, 5.41) is 14.7. The zero-order valence-corrected chi connectivity index (χ0v) is 11.9. The van der Waals surface area contributed by atoms with E-state index in [9.17, 15) is 9.59 Å². The molecule has 0 spiro atoms. The molecule has 3 N–H and O–H groups in total. The number of nitrogens with one attached hydrogen (secondary N) is 2. The minimum Gasteiger partial charge on any atom is -0.481 e. The van der Waals surface area contributed by atoms with Crippen LogP contribution in [0.2, 0.25) is 0 Å². The quantitative estimate of drug-likeness (QED) is 0.614. The summed E-state index contributed by atoms with van der Waals surface area (Å²) in [6, 6.07) is 0. The average Bonchev–Trinajstić information content (AvgIpc) is 2.21. The Labute approximate surface area is 109 Å². The second kappa shape index (κ2) is 8.08. The summed E-state index contributed by atoms with van der Waals surface area (Å²) in [6.07, 6.45) is 1.28. The zero-order valence-electron chi connectivity index (χ0n) is 11.9. The van der Waals surface area contributed by atoms with Crippen LogP contribution in [0.1, 0.15) is 47.0 Å². The van der Waals surface area contributed by atoms with Gasteiger partial charge in [0.25, 0.3) is 0 Å². The fourth-order valence-electron chi connectivity index (χ4n) is 1.51. The highest BCUT2D eigenvalue weighted by molar-refractivity contribution is 5.76. The second-order valence-corrected chi connectivity index (χ2v) is 5.60. The van der Waals surface area contributed by atoms with Gasteiger partial charge in [-0.3, -0.25) is 9.59 Å². The zero-order chi connectivity index (χ0) is 14.2. The number of carboxylic acid groups (broad SMARTS) is 1. The third-order valence-electron chi connectivity index (χ3n) is 2.64. The molecule has 0 rings (SSSR count). The lowest BCUT2D eigenvalue weighted by Crippen LogP contribution is -2.39. The molecule has 0 saturated heterocycles. The fourth-order valence-corrected chi connectivity index (χ4v) is 1.51. The third-order valence-corrected chi connectivity index (χ3v) is 2.64. The average molecular weight is 258 g/mol. The predicted molar refractivity (Wildman–Crippen MR) is 71.4 cm³/mol. The number of hydrogen-bond donors (Lipinski definition) is 3. The summed E-state index contributed by atoms with van der Waals surface area (Å²) in [7, 11) is 0. The van der Waals surface area contributed by atoms with E-state index in [1.165, 1.54) is 0 Å². The molecule has 0 heterocycles. The van der Waals surface area contributed by atoms with Gasteiger partial charge in [0.15, 0.2) is 0 Å². The number of carboxylic acids is 1. The van der Waals surface area contributed by atoms with Crippen LogP contribution in [-0.4, -0.2) is 35.6 Å². The van der Waals surface area contributed by atoms with E-state index in [1.807, 2.05) is 27.7 Å². The Morgan fingerprint density at radius 3 is 2.33 bits per heavy atom. The third kappa shape index (κ3) is 10.1. The van der Waals surface area contributed by atoms with Gasteiger partial charge < -0.3 is 15.7 Å². The number of rotatable bonds is 8. The van der Waals surface area contributed by atoms with Gasteiger partial charge in [-0.15, -0.1) is 0 Å². The van der Waals surface area contributed by atoms with Crippen molar-refractivity contribution < 1.29 is 14.7 Å². The SMILES string of the molecule is CCC(CNC(=O)CCNC(C)(C)C)CC(=O)O. The Kier molecular flexibility index (Phi) is 7.59. The van der Waals surface area contributed by atoms with Gasteiger partial charge in [-0.1, -0.05) is 13.3 Å². The lowest BCUT2D eigenvalue weighted by molar-refractivity contribution is -0.138. The summed E-state index contributed by atoms with van der Waals surface area (Å²) < 4.78 is 0. The van der Waals surface area contributed by atoms with Crippen LogP contribution >= 0.6 is 0 Å². The van der Waals surface area contributed by atoms with Crippen molar-refractivity contribution in [1.29, 1.82) is 0 Å². The highest BCUT2D eigenvalue weighted by Gasteiger charge is 2.13. The number of carbonyl (C=O) groups is 2. The molecule has 0 fully saturated rings. The highest BCUT2D eigenvalue weighted by atomic mass is 16.4. The minimum atomic E-state index is -0.814. The molecule has 18 heavy (non-hydrogen) atoms. The van der Waals surface area contributed by atoms with E-state index in [-0.39, 0.29) is 23.8 Å². The molecule has 0 radical (unpaired) electrons. The first-order chi connectivity index (χ1) is 8.24. The van der Waals surface area contributed by atoms with Crippen molar-refractivity contribution in [2.75, 3.05) is 13.1 Å². The molecular weight excluding hydrogens is 232 g/mol. The van der Waals surface area contributed by atoms with Gasteiger partial charge in [-0.25, -0.2) is 0 Å². The van der Waals surface area contributed by atoms with Gasteiger partial charge in [0.2, 0.25) is 5.91 Å². The van der Waals surface area contributed by atoms with Crippen molar-refractivity contribution in [3.63, 3.8) is 0 Å². The van der Waals surface area contributed by atoms with Crippen LogP contribution in [0, 0.1) is 5.92 Å². The van der Waals surface area contributed by atoms with E-state index in [1.54, 1.807) is 0 Å². The van der Waals surface area contributed by atoms with Crippen molar-refractivity contribution >= 4 is 11.9 Å². The fraction of sp³-hybridized carbons (Fsp3) is 0.846. The van der Waals surface area contributed by atoms with Crippen molar-refractivity contribution in [2.45, 2.75) is 52.5 Å². The smallest absolute Gasteiger partial charge is 0.303 e. The van der Waals surface area contributed by atoms with Crippen LogP contribution in [0.5, 0.6) is 0 Å². The summed E-state index contributed by atoms with van der Waals surface area (Å²) in [5.41, 5.74) is 0.00947. The summed E-state index contributed by atoms with van der Waals surface area (Å²) in [4.78, 5) is 22.1. The first kappa shape index (κ1) is 16.9. The van der Waals surface area contributed by atoms with Crippen LogP contribution in [0.25, 0.3) is 0 Å². The van der Waals surface area contributed by atoms with E-state index in [2.05, 4.69) is 10.6 Å². The van der Waals surface area contributed by atoms with E-state index in [4.69, 9.17) is 5.11 Å². The lowest BCUT2D eigenvalue weighted by Gasteiger charge is -2.20. The molecule has 0 bridgehead atoms. The first-order valence-electron chi connectivity index (χ1n) is 6.48. The molecule has 0 saturated carbocycles. The van der Waals surface area contributed by atoms with Gasteiger partial charge >= 0.3 is 5.97 Å². The van der Waals surface area contributed by atoms with Crippen LogP contribution in [0.3, 0.4) is 0 Å². The summed E-state index contributed by atoms with van der Waals surface area (Å²) >= 11 is 0. The van der Waals surface area contributed by atoms with Crippen LogP contribution in [0.15, 0.2) is 0 Å². The maximum absolute atomic E-state index is 11.5. The van der Waals surface area contributed by atoms with Crippen molar-refractivity contribution in [3.8, 4) is 0 Å². The first-order valence-corrected chi connectivity index (χ1v) is 6.48. The standard InChI is InChI=1S/C13H26N2O3/c1-5-10(8-12(17)18)9-14-11(16)6-7-15-13(2,3)4/h10,15H,5-9H2,1-4H3,(H,14,16)(H,17,18). The molecule has 1 atom stereocenters. The van der Waals surface area contributed by atoms with E-state index >= 15 is 0 Å². The van der Waals surface area contributed by atoms with E-state index < -0.39 is 5.97 Å². The maximum Gasteiger partial charge on any atom is 0.303 e. The molecule has 0 aromatic rings. The van der Waals surface area contributed by atoms with Crippen LogP contribution < -0.4 is 10.6 Å². The summed E-state index contributed by atoms with van der Waals surface area (Å²) in [5.74, 6) is -0.830. The Morgan fingerprint density at radius 1 is 1.28 bits per heavy atom. The molecule has 5 heteroatoms. The van der Waals surface area contributed by atoms with Crippen molar-refractivity contribution in [1.82, 2.24) is 10.6 Å². The Hall–Kier alpha value is -1.10. The predicted octanol–water partition coefficient (Wildman–Crippen LogP) is 1.38. The molecular formula is C13H26N2O3. The van der Waals surface area contributed by atoms with E-state index in [0.29, 0.717) is 19.5 Å². The molecule has 0 aromatic carbocycles. The Bertz CT molecular complexity index is 272. The Balaban J connectivity index is 3.78. The number of hydrogen-bond acceptors (Lipinski definition) is 3. The normalized spacial score (nSPS) is 13.1. The maximum atomic E-state index is 11.5. The van der Waals surface area contributed by atoms with Crippen LogP contribution in [0.4, 0.5) is 0 Å². The molecule has 0 aromatic heterocycles.